The highest BCUT2D eigenvalue weighted by atomic mass is 15.0. The standard InChI is InChI=1S/C41H36N2/c1-27-20-22-31(43-39-19-10-7-16-34(39)36-25-29(41(2,3)4)21-23-40(36)43)26-35(27)28-12-11-13-30(24-28)42-37-17-8-5-14-32(37)33-15-6-9-18-38(33)42/h5-19,21-27H,20H2,1-4H3. The zero-order valence-corrected chi connectivity index (χ0v) is 25.3. The van der Waals surface area contributed by atoms with Crippen molar-refractivity contribution in [3.8, 4) is 5.69 Å². The first-order valence-electron chi connectivity index (χ1n) is 15.4. The zero-order chi connectivity index (χ0) is 29.3. The van der Waals surface area contributed by atoms with Gasteiger partial charge in [-0.15, -0.1) is 0 Å². The minimum absolute atomic E-state index is 0.103. The molecule has 5 aromatic carbocycles. The van der Waals surface area contributed by atoms with Gasteiger partial charge in [0.15, 0.2) is 0 Å². The van der Waals surface area contributed by atoms with E-state index < -0.39 is 0 Å². The minimum Gasteiger partial charge on any atom is -0.310 e. The van der Waals surface area contributed by atoms with Crippen LogP contribution in [-0.2, 0) is 5.41 Å². The monoisotopic (exact) mass is 556 g/mol. The molecule has 2 aromatic heterocycles. The van der Waals surface area contributed by atoms with Crippen LogP contribution in [0.25, 0.3) is 60.6 Å². The maximum atomic E-state index is 2.47. The number of para-hydroxylation sites is 3. The van der Waals surface area contributed by atoms with Gasteiger partial charge in [0, 0.05) is 32.9 Å². The van der Waals surface area contributed by atoms with E-state index in [1.165, 1.54) is 71.7 Å². The number of benzene rings is 5. The third kappa shape index (κ3) is 4.08. The fourth-order valence-corrected chi connectivity index (χ4v) is 7.05. The van der Waals surface area contributed by atoms with Gasteiger partial charge in [-0.05, 0) is 83.0 Å². The summed E-state index contributed by atoms with van der Waals surface area (Å²) >= 11 is 0. The summed E-state index contributed by atoms with van der Waals surface area (Å²) in [6.45, 7) is 9.23. The lowest BCUT2D eigenvalue weighted by atomic mass is 9.86. The van der Waals surface area contributed by atoms with Crippen molar-refractivity contribution in [3.05, 3.63) is 139 Å². The molecule has 1 aliphatic carbocycles. The van der Waals surface area contributed by atoms with Gasteiger partial charge in [0.25, 0.3) is 0 Å². The van der Waals surface area contributed by atoms with Gasteiger partial charge in [-0.1, -0.05) is 107 Å². The average molecular weight is 557 g/mol. The SMILES string of the molecule is CC1CC=C(n2c3ccccc3c3cc(C(C)(C)C)ccc32)C=C1c1cccc(-n2c3ccccc3c3ccccc32)c1. The maximum Gasteiger partial charge on any atom is 0.0541 e. The Bertz CT molecular complexity index is 2210. The second-order valence-corrected chi connectivity index (χ2v) is 13.1. The molecule has 1 aliphatic rings. The molecule has 0 bridgehead atoms. The summed E-state index contributed by atoms with van der Waals surface area (Å²) < 4.78 is 4.89. The van der Waals surface area contributed by atoms with Crippen LogP contribution in [0.3, 0.4) is 0 Å². The Kier molecular flexibility index (Phi) is 5.78. The lowest BCUT2D eigenvalue weighted by molar-refractivity contribution is 0.591. The Morgan fingerprint density at radius 3 is 1.81 bits per heavy atom. The average Bonchev–Trinajstić information content (AvgIpc) is 3.54. The summed E-state index contributed by atoms with van der Waals surface area (Å²) in [5.74, 6) is 0.428. The molecule has 0 N–H and O–H groups in total. The molecule has 0 radical (unpaired) electrons. The van der Waals surface area contributed by atoms with Crippen molar-refractivity contribution in [2.45, 2.75) is 39.5 Å². The van der Waals surface area contributed by atoms with E-state index in [4.69, 9.17) is 0 Å². The van der Waals surface area contributed by atoms with Gasteiger partial charge in [0.1, 0.15) is 0 Å². The minimum atomic E-state index is 0.103. The molecule has 2 nitrogen and oxygen atoms in total. The highest BCUT2D eigenvalue weighted by molar-refractivity contribution is 6.11. The van der Waals surface area contributed by atoms with Gasteiger partial charge in [0.2, 0.25) is 0 Å². The van der Waals surface area contributed by atoms with Crippen LogP contribution in [0.15, 0.2) is 127 Å². The fraction of sp³-hybridized carbons (Fsp3) is 0.171. The van der Waals surface area contributed by atoms with Crippen LogP contribution in [-0.4, -0.2) is 9.13 Å². The first kappa shape index (κ1) is 25.9. The largest absolute Gasteiger partial charge is 0.310 e. The number of rotatable bonds is 3. The summed E-state index contributed by atoms with van der Waals surface area (Å²) in [6, 6.07) is 42.5. The van der Waals surface area contributed by atoms with E-state index in [2.05, 4.69) is 164 Å². The van der Waals surface area contributed by atoms with E-state index in [9.17, 15) is 0 Å². The summed E-state index contributed by atoms with van der Waals surface area (Å²) in [4.78, 5) is 0. The Morgan fingerprint density at radius 2 is 1.16 bits per heavy atom. The molecule has 0 saturated carbocycles. The summed E-state index contributed by atoms with van der Waals surface area (Å²) in [7, 11) is 0. The summed E-state index contributed by atoms with van der Waals surface area (Å²) in [5, 5.41) is 5.22. The van der Waals surface area contributed by atoms with Crippen LogP contribution >= 0.6 is 0 Å². The molecule has 0 spiro atoms. The van der Waals surface area contributed by atoms with Crippen LogP contribution in [0.2, 0.25) is 0 Å². The molecule has 0 aliphatic heterocycles. The van der Waals surface area contributed by atoms with Crippen molar-refractivity contribution in [1.82, 2.24) is 9.13 Å². The van der Waals surface area contributed by atoms with E-state index in [1.807, 2.05) is 0 Å². The predicted molar refractivity (Wildman–Crippen MR) is 185 cm³/mol. The molecule has 7 aromatic rings. The van der Waals surface area contributed by atoms with Crippen molar-refractivity contribution in [3.63, 3.8) is 0 Å². The van der Waals surface area contributed by atoms with Crippen LogP contribution in [0.5, 0.6) is 0 Å². The Labute approximate surface area is 253 Å². The second-order valence-electron chi connectivity index (χ2n) is 13.1. The normalized spacial score (nSPS) is 15.9. The maximum absolute atomic E-state index is 2.47. The van der Waals surface area contributed by atoms with E-state index in [0.29, 0.717) is 5.92 Å². The highest BCUT2D eigenvalue weighted by Gasteiger charge is 2.22. The lowest BCUT2D eigenvalue weighted by Crippen LogP contribution is -2.10. The van der Waals surface area contributed by atoms with E-state index >= 15 is 0 Å². The van der Waals surface area contributed by atoms with Crippen LogP contribution in [0.4, 0.5) is 0 Å². The van der Waals surface area contributed by atoms with Crippen LogP contribution < -0.4 is 0 Å². The molecule has 2 heterocycles. The van der Waals surface area contributed by atoms with Crippen molar-refractivity contribution >= 4 is 54.9 Å². The Balaban J connectivity index is 1.29. The highest BCUT2D eigenvalue weighted by Crippen LogP contribution is 2.40. The number of hydrogen-bond donors (Lipinski definition) is 0. The zero-order valence-electron chi connectivity index (χ0n) is 25.3. The second kappa shape index (κ2) is 9.61. The predicted octanol–water partition coefficient (Wildman–Crippen LogP) is 11.2. The van der Waals surface area contributed by atoms with Gasteiger partial charge in [-0.2, -0.15) is 0 Å². The molecule has 8 rings (SSSR count). The quantitative estimate of drug-likeness (QED) is 0.205. The smallest absolute Gasteiger partial charge is 0.0541 e. The fourth-order valence-electron chi connectivity index (χ4n) is 7.05. The van der Waals surface area contributed by atoms with Gasteiger partial charge < -0.3 is 9.13 Å². The summed E-state index contributed by atoms with van der Waals surface area (Å²) in [5.41, 5.74) is 11.6. The van der Waals surface area contributed by atoms with Crippen molar-refractivity contribution < 1.29 is 0 Å². The third-order valence-electron chi connectivity index (χ3n) is 9.33. The lowest BCUT2D eigenvalue weighted by Gasteiger charge is -2.23. The van der Waals surface area contributed by atoms with Crippen molar-refractivity contribution in [2.75, 3.05) is 0 Å². The number of nitrogens with zero attached hydrogens (tertiary/aromatic N) is 2. The molecular formula is C41H36N2. The number of fused-ring (bicyclic) bond motifs is 6. The molecule has 2 heteroatoms. The molecule has 0 amide bonds. The van der Waals surface area contributed by atoms with Gasteiger partial charge >= 0.3 is 0 Å². The molecule has 1 unspecified atom stereocenters. The molecule has 43 heavy (non-hydrogen) atoms. The number of aromatic nitrogens is 2. The van der Waals surface area contributed by atoms with Gasteiger partial charge in [-0.25, -0.2) is 0 Å². The molecule has 210 valence electrons. The van der Waals surface area contributed by atoms with Crippen molar-refractivity contribution in [1.29, 1.82) is 0 Å². The number of allylic oxidation sites excluding steroid dienone is 4. The van der Waals surface area contributed by atoms with Crippen LogP contribution in [0, 0.1) is 5.92 Å². The first-order chi connectivity index (χ1) is 20.9. The van der Waals surface area contributed by atoms with Crippen LogP contribution in [0.1, 0.15) is 45.2 Å². The van der Waals surface area contributed by atoms with Crippen molar-refractivity contribution in [2.24, 2.45) is 5.92 Å². The first-order valence-corrected chi connectivity index (χ1v) is 15.4. The Hall–Kier alpha value is -4.82. The van der Waals surface area contributed by atoms with E-state index in [-0.39, 0.29) is 5.41 Å². The van der Waals surface area contributed by atoms with Gasteiger partial charge in [0.05, 0.1) is 22.1 Å². The molecule has 0 saturated heterocycles. The topological polar surface area (TPSA) is 9.86 Å². The number of hydrogen-bond acceptors (Lipinski definition) is 0. The molecule has 1 atom stereocenters. The third-order valence-corrected chi connectivity index (χ3v) is 9.33. The Morgan fingerprint density at radius 1 is 0.581 bits per heavy atom. The van der Waals surface area contributed by atoms with Gasteiger partial charge in [-0.3, -0.25) is 0 Å². The molecule has 0 fully saturated rings. The molecular weight excluding hydrogens is 520 g/mol. The van der Waals surface area contributed by atoms with E-state index in [1.54, 1.807) is 0 Å². The summed E-state index contributed by atoms with van der Waals surface area (Å²) in [6.07, 6.45) is 5.87. The van der Waals surface area contributed by atoms with E-state index in [0.717, 1.165) is 6.42 Å².